The highest BCUT2D eigenvalue weighted by Gasteiger charge is 2.34. The molecule has 0 N–H and O–H groups in total. The fourth-order valence-corrected chi connectivity index (χ4v) is 2.67. The van der Waals surface area contributed by atoms with Crippen molar-refractivity contribution in [2.45, 2.75) is 52.7 Å². The summed E-state index contributed by atoms with van der Waals surface area (Å²) in [5, 5.41) is 0. The van der Waals surface area contributed by atoms with E-state index < -0.39 is 23.4 Å². The number of hydrogen-bond acceptors (Lipinski definition) is 6. The predicted molar refractivity (Wildman–Crippen MR) is 102 cm³/mol. The maximum absolute atomic E-state index is 12.7. The van der Waals surface area contributed by atoms with E-state index in [2.05, 4.69) is 25.9 Å². The molecule has 8 heteroatoms. The summed E-state index contributed by atoms with van der Waals surface area (Å²) in [5.74, 6) is 0. The summed E-state index contributed by atoms with van der Waals surface area (Å²) in [6.07, 6.45) is 1.42. The van der Waals surface area contributed by atoms with Gasteiger partial charge in [-0.2, -0.15) is 4.90 Å². The van der Waals surface area contributed by atoms with E-state index in [4.69, 9.17) is 9.47 Å². The van der Waals surface area contributed by atoms with E-state index in [9.17, 15) is 9.59 Å². The van der Waals surface area contributed by atoms with Gasteiger partial charge in [0, 0.05) is 12.4 Å². The Balaban J connectivity index is 2.55. The van der Waals surface area contributed by atoms with Crippen molar-refractivity contribution in [3.63, 3.8) is 0 Å². The third-order valence-electron chi connectivity index (χ3n) is 2.95. The van der Waals surface area contributed by atoms with Crippen LogP contribution in [0.25, 0.3) is 11.0 Å². The van der Waals surface area contributed by atoms with E-state index in [1.54, 1.807) is 59.9 Å². The summed E-state index contributed by atoms with van der Waals surface area (Å²) in [6.45, 7) is 10.3. The molecule has 0 unspecified atom stereocenters. The SMILES string of the molecule is CC(C)(C)OC(=O)N(C(=O)OC(C)(C)C)c1ccc2nccnc2c1Br. The molecule has 7 nitrogen and oxygen atoms in total. The molecule has 0 spiro atoms. The van der Waals surface area contributed by atoms with Crippen molar-refractivity contribution >= 4 is 44.8 Å². The summed E-state index contributed by atoms with van der Waals surface area (Å²) in [4.78, 5) is 34.8. The second-order valence-electron chi connectivity index (χ2n) is 7.62. The number of halogens is 1. The highest BCUT2D eigenvalue weighted by Crippen LogP contribution is 2.33. The number of carbonyl (C=O) groups is 2. The van der Waals surface area contributed by atoms with Crippen molar-refractivity contribution in [1.82, 2.24) is 9.97 Å². The van der Waals surface area contributed by atoms with E-state index in [-0.39, 0.29) is 5.69 Å². The summed E-state index contributed by atoms with van der Waals surface area (Å²) in [5.41, 5.74) is -0.152. The van der Waals surface area contributed by atoms with Crippen molar-refractivity contribution in [2.75, 3.05) is 4.90 Å². The first kappa shape index (κ1) is 20.1. The number of nitrogens with zero attached hydrogens (tertiary/aromatic N) is 3. The number of imide groups is 1. The van der Waals surface area contributed by atoms with Crippen LogP contribution in [-0.2, 0) is 9.47 Å². The van der Waals surface area contributed by atoms with Crippen LogP contribution in [-0.4, -0.2) is 33.4 Å². The largest absolute Gasteiger partial charge is 0.443 e. The molecule has 0 aliphatic rings. The molecule has 2 aromatic rings. The van der Waals surface area contributed by atoms with Crippen LogP contribution in [0.1, 0.15) is 41.5 Å². The lowest BCUT2D eigenvalue weighted by Crippen LogP contribution is -2.44. The number of ether oxygens (including phenoxy) is 2. The average Bonchev–Trinajstić information content (AvgIpc) is 2.46. The second-order valence-corrected chi connectivity index (χ2v) is 8.41. The molecule has 1 aromatic heterocycles. The van der Waals surface area contributed by atoms with Gasteiger partial charge >= 0.3 is 12.2 Å². The van der Waals surface area contributed by atoms with Gasteiger partial charge in [-0.3, -0.25) is 9.97 Å². The van der Waals surface area contributed by atoms with Crippen molar-refractivity contribution in [2.24, 2.45) is 0 Å². The van der Waals surface area contributed by atoms with Gasteiger partial charge in [0.2, 0.25) is 0 Å². The molecular weight excluding hydrogens is 402 g/mol. The Bertz CT molecular complexity index is 812. The number of aromatic nitrogens is 2. The Morgan fingerprint density at radius 1 is 0.923 bits per heavy atom. The molecule has 2 rings (SSSR count). The highest BCUT2D eigenvalue weighted by molar-refractivity contribution is 9.10. The van der Waals surface area contributed by atoms with Gasteiger partial charge in [0.05, 0.1) is 15.7 Å². The number of fused-ring (bicyclic) bond motifs is 1. The van der Waals surface area contributed by atoms with E-state index >= 15 is 0 Å². The number of amides is 2. The molecule has 0 fully saturated rings. The molecule has 1 aromatic carbocycles. The Labute approximate surface area is 160 Å². The van der Waals surface area contributed by atoms with Gasteiger partial charge in [-0.05, 0) is 69.6 Å². The van der Waals surface area contributed by atoms with Gasteiger partial charge in [-0.25, -0.2) is 9.59 Å². The van der Waals surface area contributed by atoms with Gasteiger partial charge in [-0.15, -0.1) is 0 Å². The van der Waals surface area contributed by atoms with Crippen LogP contribution >= 0.6 is 15.9 Å². The lowest BCUT2D eigenvalue weighted by Gasteiger charge is -2.29. The number of hydrogen-bond donors (Lipinski definition) is 0. The van der Waals surface area contributed by atoms with Gasteiger partial charge in [0.1, 0.15) is 16.7 Å². The fourth-order valence-electron chi connectivity index (χ4n) is 2.05. The van der Waals surface area contributed by atoms with Gasteiger partial charge in [-0.1, -0.05) is 0 Å². The van der Waals surface area contributed by atoms with E-state index in [1.807, 2.05) is 0 Å². The highest BCUT2D eigenvalue weighted by atomic mass is 79.9. The summed E-state index contributed by atoms with van der Waals surface area (Å²) >= 11 is 3.42. The van der Waals surface area contributed by atoms with E-state index in [1.165, 1.54) is 6.20 Å². The maximum Gasteiger partial charge on any atom is 0.424 e. The quantitative estimate of drug-likeness (QED) is 0.636. The topological polar surface area (TPSA) is 81.6 Å². The van der Waals surface area contributed by atoms with E-state index in [0.717, 1.165) is 4.90 Å². The molecule has 0 saturated carbocycles. The standard InChI is InChI=1S/C18H22BrN3O4/c1-17(2,3)25-15(23)22(16(24)26-18(4,5)6)12-8-7-11-14(13(12)19)21-10-9-20-11/h7-10H,1-6H3. The molecule has 26 heavy (non-hydrogen) atoms. The van der Waals surface area contributed by atoms with Crippen molar-refractivity contribution in [3.05, 3.63) is 29.0 Å². The van der Waals surface area contributed by atoms with Crippen LogP contribution in [0.2, 0.25) is 0 Å². The zero-order chi connectivity index (χ0) is 19.7. The van der Waals surface area contributed by atoms with E-state index in [0.29, 0.717) is 15.5 Å². The zero-order valence-electron chi connectivity index (χ0n) is 15.7. The summed E-state index contributed by atoms with van der Waals surface area (Å²) in [7, 11) is 0. The smallest absolute Gasteiger partial charge is 0.424 e. The van der Waals surface area contributed by atoms with Crippen LogP contribution in [0.4, 0.5) is 15.3 Å². The molecule has 1 heterocycles. The monoisotopic (exact) mass is 423 g/mol. The van der Waals surface area contributed by atoms with Crippen LogP contribution in [0.3, 0.4) is 0 Å². The third kappa shape index (κ3) is 4.91. The van der Waals surface area contributed by atoms with Crippen molar-refractivity contribution in [1.29, 1.82) is 0 Å². The van der Waals surface area contributed by atoms with Crippen LogP contribution in [0.5, 0.6) is 0 Å². The number of carbonyl (C=O) groups excluding carboxylic acids is 2. The Morgan fingerprint density at radius 3 is 1.92 bits per heavy atom. The molecule has 140 valence electrons. The zero-order valence-corrected chi connectivity index (χ0v) is 17.2. The molecule has 0 bridgehead atoms. The minimum absolute atomic E-state index is 0.265. The normalized spacial score (nSPS) is 12.0. The Morgan fingerprint density at radius 2 is 1.42 bits per heavy atom. The molecular formula is C18H22BrN3O4. The minimum atomic E-state index is -0.837. The second kappa shape index (κ2) is 7.19. The first-order valence-corrected chi connectivity index (χ1v) is 8.84. The van der Waals surface area contributed by atoms with Gasteiger partial charge in [0.15, 0.2) is 0 Å². The lowest BCUT2D eigenvalue weighted by atomic mass is 10.2. The van der Waals surface area contributed by atoms with Gasteiger partial charge < -0.3 is 9.47 Å². The molecule has 0 aliphatic carbocycles. The van der Waals surface area contributed by atoms with Gasteiger partial charge in [0.25, 0.3) is 0 Å². The van der Waals surface area contributed by atoms with Crippen molar-refractivity contribution < 1.29 is 19.1 Å². The fraction of sp³-hybridized carbons (Fsp3) is 0.444. The molecule has 0 aliphatic heterocycles. The lowest BCUT2D eigenvalue weighted by molar-refractivity contribution is 0.0430. The van der Waals surface area contributed by atoms with Crippen LogP contribution in [0, 0.1) is 0 Å². The molecule has 0 atom stereocenters. The van der Waals surface area contributed by atoms with Crippen LogP contribution in [0.15, 0.2) is 29.0 Å². The van der Waals surface area contributed by atoms with Crippen LogP contribution < -0.4 is 4.90 Å². The Kier molecular flexibility index (Phi) is 5.55. The van der Waals surface area contributed by atoms with Crippen molar-refractivity contribution in [3.8, 4) is 0 Å². The number of anilines is 1. The first-order chi connectivity index (χ1) is 11.9. The average molecular weight is 424 g/mol. The summed E-state index contributed by atoms with van der Waals surface area (Å²) < 4.78 is 11.2. The maximum atomic E-state index is 12.7. The first-order valence-electron chi connectivity index (χ1n) is 8.04. The third-order valence-corrected chi connectivity index (χ3v) is 3.73. The molecule has 2 amide bonds. The number of benzene rings is 1. The summed E-state index contributed by atoms with van der Waals surface area (Å²) in [6, 6.07) is 3.26. The molecule has 0 saturated heterocycles. The minimum Gasteiger partial charge on any atom is -0.443 e. The Hall–Kier alpha value is -2.22. The molecule has 0 radical (unpaired) electrons. The predicted octanol–water partition coefficient (Wildman–Crippen LogP) is 5.07. The number of rotatable bonds is 1.